The van der Waals surface area contributed by atoms with Gasteiger partial charge in [0.25, 0.3) is 0 Å². The van der Waals surface area contributed by atoms with Crippen LogP contribution in [0.15, 0.2) is 24.3 Å². The summed E-state index contributed by atoms with van der Waals surface area (Å²) >= 11 is 0. The van der Waals surface area contributed by atoms with Crippen LogP contribution in [0, 0.1) is 6.92 Å². The molecule has 1 aromatic carbocycles. The van der Waals surface area contributed by atoms with Crippen LogP contribution in [0.5, 0.6) is 0 Å². The van der Waals surface area contributed by atoms with Crippen molar-refractivity contribution in [2.45, 2.75) is 32.6 Å². The van der Waals surface area contributed by atoms with Crippen LogP contribution in [0.3, 0.4) is 0 Å². The summed E-state index contributed by atoms with van der Waals surface area (Å²) in [5, 5.41) is 3.12. The van der Waals surface area contributed by atoms with E-state index in [4.69, 9.17) is 0 Å². The van der Waals surface area contributed by atoms with Gasteiger partial charge < -0.3 is 5.32 Å². The van der Waals surface area contributed by atoms with Crippen LogP contribution in [0.4, 0.5) is 0 Å². The molecule has 0 aromatic heterocycles. The zero-order chi connectivity index (χ0) is 12.9. The molecule has 1 N–H and O–H groups in total. The summed E-state index contributed by atoms with van der Waals surface area (Å²) in [6.07, 6.45) is 0. The van der Waals surface area contributed by atoms with E-state index in [0.717, 1.165) is 11.1 Å². The van der Waals surface area contributed by atoms with Crippen LogP contribution in [-0.4, -0.2) is 26.8 Å². The SMILES string of the molecule is Cc1ccccc1CS(=O)(=O)CCNC(C)C. The van der Waals surface area contributed by atoms with Crippen LogP contribution in [0.2, 0.25) is 0 Å². The van der Waals surface area contributed by atoms with Crippen molar-refractivity contribution in [1.29, 1.82) is 0 Å². The summed E-state index contributed by atoms with van der Waals surface area (Å²) in [6.45, 7) is 6.48. The first-order valence-corrected chi connectivity index (χ1v) is 7.71. The minimum absolute atomic E-state index is 0.138. The molecular formula is C13H21NO2S. The normalized spacial score (nSPS) is 12.0. The first kappa shape index (κ1) is 14.2. The predicted molar refractivity (Wildman–Crippen MR) is 71.8 cm³/mol. The Morgan fingerprint density at radius 1 is 1.24 bits per heavy atom. The molecule has 0 aliphatic heterocycles. The summed E-state index contributed by atoms with van der Waals surface area (Å²) in [5.41, 5.74) is 1.94. The van der Waals surface area contributed by atoms with Gasteiger partial charge in [-0.25, -0.2) is 8.42 Å². The maximum Gasteiger partial charge on any atom is 0.155 e. The van der Waals surface area contributed by atoms with Crippen LogP contribution < -0.4 is 5.32 Å². The fourth-order valence-electron chi connectivity index (χ4n) is 1.58. The van der Waals surface area contributed by atoms with E-state index >= 15 is 0 Å². The topological polar surface area (TPSA) is 46.2 Å². The summed E-state index contributed by atoms with van der Waals surface area (Å²) < 4.78 is 23.8. The summed E-state index contributed by atoms with van der Waals surface area (Å²) in [6, 6.07) is 7.94. The second-order valence-electron chi connectivity index (χ2n) is 4.63. The lowest BCUT2D eigenvalue weighted by Gasteiger charge is -2.09. The van der Waals surface area contributed by atoms with E-state index in [0.29, 0.717) is 12.6 Å². The van der Waals surface area contributed by atoms with Gasteiger partial charge in [-0.15, -0.1) is 0 Å². The molecule has 0 unspecified atom stereocenters. The Bertz CT molecular complexity index is 452. The third-order valence-corrected chi connectivity index (χ3v) is 4.18. The minimum atomic E-state index is -3.02. The Kier molecular flexibility index (Phi) is 5.15. The summed E-state index contributed by atoms with van der Waals surface area (Å²) in [5.74, 6) is 0.332. The van der Waals surface area contributed by atoms with Gasteiger partial charge in [-0.3, -0.25) is 0 Å². The zero-order valence-electron chi connectivity index (χ0n) is 10.7. The molecule has 0 saturated carbocycles. The smallest absolute Gasteiger partial charge is 0.155 e. The zero-order valence-corrected chi connectivity index (χ0v) is 11.5. The Morgan fingerprint density at radius 3 is 2.47 bits per heavy atom. The third kappa shape index (κ3) is 5.33. The minimum Gasteiger partial charge on any atom is -0.314 e. The summed E-state index contributed by atoms with van der Waals surface area (Å²) in [7, 11) is -3.02. The second kappa shape index (κ2) is 6.17. The van der Waals surface area contributed by atoms with Gasteiger partial charge in [0, 0.05) is 12.6 Å². The molecule has 0 bridgehead atoms. The molecule has 0 heterocycles. The third-order valence-electron chi connectivity index (χ3n) is 2.60. The molecule has 0 aliphatic rings. The molecule has 3 nitrogen and oxygen atoms in total. The van der Waals surface area contributed by atoms with Crippen LogP contribution in [-0.2, 0) is 15.6 Å². The molecule has 0 amide bonds. The van der Waals surface area contributed by atoms with E-state index in [1.807, 2.05) is 45.0 Å². The number of rotatable bonds is 6. The highest BCUT2D eigenvalue weighted by molar-refractivity contribution is 7.90. The van der Waals surface area contributed by atoms with Crippen LogP contribution in [0.1, 0.15) is 25.0 Å². The van der Waals surface area contributed by atoms with Crippen LogP contribution >= 0.6 is 0 Å². The number of benzene rings is 1. The highest BCUT2D eigenvalue weighted by Crippen LogP contribution is 2.11. The monoisotopic (exact) mass is 255 g/mol. The first-order valence-electron chi connectivity index (χ1n) is 5.89. The van der Waals surface area contributed by atoms with E-state index < -0.39 is 9.84 Å². The maximum atomic E-state index is 11.9. The van der Waals surface area contributed by atoms with Crippen molar-refractivity contribution < 1.29 is 8.42 Å². The van der Waals surface area contributed by atoms with Gasteiger partial charge in [-0.1, -0.05) is 38.1 Å². The van der Waals surface area contributed by atoms with Crippen molar-refractivity contribution in [3.8, 4) is 0 Å². The van der Waals surface area contributed by atoms with Gasteiger partial charge in [0.2, 0.25) is 0 Å². The Morgan fingerprint density at radius 2 is 1.88 bits per heavy atom. The molecule has 0 saturated heterocycles. The quantitative estimate of drug-likeness (QED) is 0.844. The lowest BCUT2D eigenvalue weighted by Crippen LogP contribution is -2.29. The van der Waals surface area contributed by atoms with Crippen molar-refractivity contribution in [2.24, 2.45) is 0 Å². The fraction of sp³-hybridized carbons (Fsp3) is 0.538. The number of nitrogens with one attached hydrogen (secondary N) is 1. The maximum absolute atomic E-state index is 11.9. The Balaban J connectivity index is 2.58. The van der Waals surface area contributed by atoms with Gasteiger partial charge in [0.15, 0.2) is 9.84 Å². The molecule has 4 heteroatoms. The molecular weight excluding hydrogens is 234 g/mol. The first-order chi connectivity index (χ1) is 7.91. The fourth-order valence-corrected chi connectivity index (χ4v) is 2.96. The molecule has 96 valence electrons. The molecule has 0 aliphatic carbocycles. The van der Waals surface area contributed by atoms with E-state index in [1.54, 1.807) is 0 Å². The van der Waals surface area contributed by atoms with E-state index in [9.17, 15) is 8.42 Å². The molecule has 0 atom stereocenters. The average Bonchev–Trinajstić information content (AvgIpc) is 2.20. The van der Waals surface area contributed by atoms with Gasteiger partial charge >= 0.3 is 0 Å². The molecule has 0 spiro atoms. The van der Waals surface area contributed by atoms with Gasteiger partial charge in [-0.05, 0) is 18.1 Å². The lowest BCUT2D eigenvalue weighted by molar-refractivity contribution is 0.577. The second-order valence-corrected chi connectivity index (χ2v) is 6.81. The number of hydrogen-bond donors (Lipinski definition) is 1. The molecule has 1 rings (SSSR count). The average molecular weight is 255 g/mol. The van der Waals surface area contributed by atoms with Gasteiger partial charge in [0.1, 0.15) is 0 Å². The van der Waals surface area contributed by atoms with Gasteiger partial charge in [-0.2, -0.15) is 0 Å². The highest BCUT2D eigenvalue weighted by Gasteiger charge is 2.13. The molecule has 0 fully saturated rings. The van der Waals surface area contributed by atoms with E-state index in [2.05, 4.69) is 5.32 Å². The summed E-state index contributed by atoms with van der Waals surface area (Å²) in [4.78, 5) is 0. The molecule has 17 heavy (non-hydrogen) atoms. The highest BCUT2D eigenvalue weighted by atomic mass is 32.2. The van der Waals surface area contributed by atoms with Crippen LogP contribution in [0.25, 0.3) is 0 Å². The van der Waals surface area contributed by atoms with Crippen molar-refractivity contribution in [3.63, 3.8) is 0 Å². The Labute approximate surface area is 104 Å². The van der Waals surface area contributed by atoms with Gasteiger partial charge in [0.05, 0.1) is 11.5 Å². The number of sulfone groups is 1. The standard InChI is InChI=1S/C13H21NO2S/c1-11(2)14-8-9-17(15,16)10-13-7-5-4-6-12(13)3/h4-7,11,14H,8-10H2,1-3H3. The number of aryl methyl sites for hydroxylation is 1. The predicted octanol–water partition coefficient (Wildman–Crippen LogP) is 1.91. The number of hydrogen-bond acceptors (Lipinski definition) is 3. The van der Waals surface area contributed by atoms with Crippen molar-refractivity contribution in [3.05, 3.63) is 35.4 Å². The van der Waals surface area contributed by atoms with Crippen molar-refractivity contribution >= 4 is 9.84 Å². The Hall–Kier alpha value is -0.870. The lowest BCUT2D eigenvalue weighted by atomic mass is 10.1. The molecule has 0 radical (unpaired) electrons. The van der Waals surface area contributed by atoms with Crippen molar-refractivity contribution in [2.75, 3.05) is 12.3 Å². The van der Waals surface area contributed by atoms with E-state index in [1.165, 1.54) is 0 Å². The van der Waals surface area contributed by atoms with Crippen molar-refractivity contribution in [1.82, 2.24) is 5.32 Å². The molecule has 1 aromatic rings. The largest absolute Gasteiger partial charge is 0.314 e. The van der Waals surface area contributed by atoms with E-state index in [-0.39, 0.29) is 11.5 Å².